The number of sulfonamides is 1. The van der Waals surface area contributed by atoms with Crippen LogP contribution in [0.1, 0.15) is 36.5 Å². The van der Waals surface area contributed by atoms with E-state index in [9.17, 15) is 18.3 Å². The van der Waals surface area contributed by atoms with E-state index in [2.05, 4.69) is 9.98 Å². The fourth-order valence-electron chi connectivity index (χ4n) is 6.90. The van der Waals surface area contributed by atoms with E-state index in [0.717, 1.165) is 16.3 Å². The summed E-state index contributed by atoms with van der Waals surface area (Å²) in [5.74, 6) is 0.436. The van der Waals surface area contributed by atoms with Crippen LogP contribution in [0, 0.1) is 18.8 Å². The molecule has 304 valence electrons. The Morgan fingerprint density at radius 2 is 1.86 bits per heavy atom. The average Bonchev–Trinajstić information content (AvgIpc) is 4.01. The van der Waals surface area contributed by atoms with Gasteiger partial charge in [-0.2, -0.15) is 8.87 Å². The fourth-order valence-corrected chi connectivity index (χ4v) is 9.12. The van der Waals surface area contributed by atoms with Crippen LogP contribution in [0.25, 0.3) is 0 Å². The minimum Gasteiger partial charge on any atom is -0.594 e. The van der Waals surface area contributed by atoms with Crippen molar-refractivity contribution in [1.82, 2.24) is 9.29 Å². The van der Waals surface area contributed by atoms with Crippen molar-refractivity contribution in [2.24, 2.45) is 16.8 Å². The molecular weight excluding hydrogens is 777 g/mol. The number of fused-ring (bicyclic) bond motifs is 2. The zero-order valence-electron chi connectivity index (χ0n) is 31.9. The summed E-state index contributed by atoms with van der Waals surface area (Å²) in [4.78, 5) is 22.6. The van der Waals surface area contributed by atoms with Crippen molar-refractivity contribution >= 4 is 33.4 Å². The monoisotopic (exact) mass is 822 g/mol. The van der Waals surface area contributed by atoms with E-state index in [1.165, 1.54) is 16.4 Å². The predicted molar refractivity (Wildman–Crippen MR) is 204 cm³/mol. The molecule has 2 fully saturated rings. The van der Waals surface area contributed by atoms with Gasteiger partial charge < -0.3 is 38.3 Å². The molecule has 5 heterocycles. The number of pyridine rings is 1. The largest absolute Gasteiger partial charge is 0.594 e. The first kappa shape index (κ1) is 40.4. The summed E-state index contributed by atoms with van der Waals surface area (Å²) in [5.41, 5.74) is 1.55. The van der Waals surface area contributed by atoms with Gasteiger partial charge in [0.15, 0.2) is 30.2 Å². The third-order valence-corrected chi connectivity index (χ3v) is 12.3. The lowest BCUT2D eigenvalue weighted by Crippen LogP contribution is -2.48. The maximum atomic E-state index is 14.4. The van der Waals surface area contributed by atoms with Crippen LogP contribution in [-0.4, -0.2) is 87.4 Å². The number of aliphatic imine (C=N–C) groups is 1. The molecule has 17 heteroatoms. The molecule has 2 aromatic carbocycles. The van der Waals surface area contributed by atoms with Gasteiger partial charge in [-0.05, 0) is 55.5 Å². The van der Waals surface area contributed by atoms with Gasteiger partial charge in [-0.3, -0.25) is 4.99 Å². The number of hydrogen-bond donors (Lipinski definition) is 0. The topological polar surface area (TPSA) is 171 Å². The summed E-state index contributed by atoms with van der Waals surface area (Å²) in [7, 11) is -4.21. The third kappa shape index (κ3) is 10.4. The van der Waals surface area contributed by atoms with E-state index < -0.39 is 46.6 Å². The first-order valence-corrected chi connectivity index (χ1v) is 21.1. The molecule has 57 heavy (non-hydrogen) atoms. The summed E-state index contributed by atoms with van der Waals surface area (Å²) >= 11 is 1.55. The van der Waals surface area contributed by atoms with E-state index >= 15 is 0 Å². The molecule has 0 spiro atoms. The Hall–Kier alpha value is -4.81. The molecule has 7 rings (SSSR count). The fraction of sp³-hybridized carbons (Fsp3) is 0.450. The zero-order chi connectivity index (χ0) is 39.9. The number of benzene rings is 2. The summed E-state index contributed by atoms with van der Waals surface area (Å²) in [6.07, 6.45) is 1.05. The predicted octanol–water partition coefficient (Wildman–Crippen LogP) is 3.41. The molecule has 0 unspecified atom stereocenters. The standard InChI is InChI=1S/C40H46N4O11S2/c1-26(2)19-44(57(47,48)31-11-12-34-35(18-31)53-25-52-34)20-36(54-38(45)21-43-14-5-4-6-15-43)33(42-40(46)55-37-23-51-39-32(37)13-16-49-39)17-28-7-9-30(10-8-28)50-22-29-24-56-27(3)41-29/h4-12,14-15,18,24,26,32-33,36-37,39H,13,16-17,19-23,25H2,1-3H3/t32-,33-,36+,37-,39+/m0/s1. The molecule has 0 radical (unpaired) electrons. The molecule has 5 atom stereocenters. The summed E-state index contributed by atoms with van der Waals surface area (Å²) < 4.78 is 72.0. The van der Waals surface area contributed by atoms with Crippen molar-refractivity contribution in [3.05, 3.63) is 94.7 Å². The number of carbonyl (C=O) groups excluding carboxylic acids is 1. The number of thiazole rings is 1. The van der Waals surface area contributed by atoms with Crippen molar-refractivity contribution in [2.75, 3.05) is 33.1 Å². The Bertz CT molecular complexity index is 2110. The average molecular weight is 823 g/mol. The van der Waals surface area contributed by atoms with Crippen LogP contribution in [-0.2, 0) is 53.3 Å². The first-order valence-electron chi connectivity index (χ1n) is 18.8. The molecule has 0 N–H and O–H groups in total. The van der Waals surface area contributed by atoms with Crippen molar-refractivity contribution < 1.29 is 56.0 Å². The highest BCUT2D eigenvalue weighted by molar-refractivity contribution is 7.89. The molecule has 3 aliphatic heterocycles. The van der Waals surface area contributed by atoms with Crippen LogP contribution in [0.5, 0.6) is 17.2 Å². The highest BCUT2D eigenvalue weighted by Gasteiger charge is 2.41. The van der Waals surface area contributed by atoms with Crippen LogP contribution in [0.4, 0.5) is 0 Å². The SMILES string of the molecule is Cc1nc(COc2ccc(C[C@H](N=C([O-])O[C@H]3CO[C@H]4OCC[C@H]43)[C@@H](CN(CC(C)C)S(=O)(=O)c3ccc4c(c3)OCO4)OC(=O)C[n+]3ccccc3)cc2)cs1. The number of carbonyl (C=O) groups is 1. The summed E-state index contributed by atoms with van der Waals surface area (Å²) in [6.45, 7) is 6.22. The normalized spacial score (nSPS) is 20.1. The number of aryl methyl sites for hydroxylation is 1. The van der Waals surface area contributed by atoms with E-state index in [0.29, 0.717) is 36.9 Å². The first-order chi connectivity index (χ1) is 27.5. The van der Waals surface area contributed by atoms with Crippen LogP contribution in [0.15, 0.2) is 88.3 Å². The van der Waals surface area contributed by atoms with Gasteiger partial charge in [-0.1, -0.05) is 32.0 Å². The second kappa shape index (κ2) is 18.2. The molecule has 2 saturated heterocycles. The van der Waals surface area contributed by atoms with Crippen molar-refractivity contribution in [3.8, 4) is 17.2 Å². The lowest BCUT2D eigenvalue weighted by Gasteiger charge is -2.32. The summed E-state index contributed by atoms with van der Waals surface area (Å²) in [6, 6.07) is 16.0. The van der Waals surface area contributed by atoms with Crippen LogP contribution in [0.2, 0.25) is 0 Å². The van der Waals surface area contributed by atoms with E-state index in [1.54, 1.807) is 58.6 Å². The quantitative estimate of drug-likeness (QED) is 0.0659. The Balaban J connectivity index is 1.20. The number of esters is 1. The third-order valence-electron chi connectivity index (χ3n) is 9.67. The van der Waals surface area contributed by atoms with E-state index in [-0.39, 0.29) is 56.2 Å². The van der Waals surface area contributed by atoms with Crippen LogP contribution >= 0.6 is 11.3 Å². The Morgan fingerprint density at radius 1 is 1.07 bits per heavy atom. The Kier molecular flexibility index (Phi) is 12.9. The number of nitrogens with zero attached hydrogens (tertiary/aromatic N) is 4. The molecule has 0 saturated carbocycles. The maximum absolute atomic E-state index is 14.4. The number of rotatable bonds is 17. The van der Waals surface area contributed by atoms with Gasteiger partial charge in [0.1, 0.15) is 24.5 Å². The van der Waals surface area contributed by atoms with E-state index in [4.69, 9.17) is 33.2 Å². The van der Waals surface area contributed by atoms with E-state index in [1.807, 2.05) is 44.4 Å². The van der Waals surface area contributed by atoms with Crippen LogP contribution < -0.4 is 23.9 Å². The lowest BCUT2D eigenvalue weighted by atomic mass is 10.0. The second-order valence-corrected chi connectivity index (χ2v) is 17.4. The molecule has 0 bridgehead atoms. The number of ether oxygens (including phenoxy) is 7. The highest BCUT2D eigenvalue weighted by atomic mass is 32.2. The van der Waals surface area contributed by atoms with Crippen molar-refractivity contribution in [3.63, 3.8) is 0 Å². The van der Waals surface area contributed by atoms with Gasteiger partial charge in [0.2, 0.25) is 23.4 Å². The van der Waals surface area contributed by atoms with Gasteiger partial charge in [-0.25, -0.2) is 18.2 Å². The number of aromatic nitrogens is 2. The number of hydrogen-bond acceptors (Lipinski definition) is 14. The minimum absolute atomic E-state index is 0.0225. The van der Waals surface area contributed by atoms with Crippen LogP contribution in [0.3, 0.4) is 0 Å². The van der Waals surface area contributed by atoms with Gasteiger partial charge in [0.05, 0.1) is 41.4 Å². The highest BCUT2D eigenvalue weighted by Crippen LogP contribution is 2.36. The summed E-state index contributed by atoms with van der Waals surface area (Å²) in [5, 5.41) is 16.6. The smallest absolute Gasteiger partial charge is 0.373 e. The molecular formula is C40H46N4O11S2. The molecule has 15 nitrogen and oxygen atoms in total. The zero-order valence-corrected chi connectivity index (χ0v) is 33.6. The van der Waals surface area contributed by atoms with Gasteiger partial charge in [-0.15, -0.1) is 11.3 Å². The molecule has 4 aromatic rings. The Labute approximate surface area is 335 Å². The second-order valence-electron chi connectivity index (χ2n) is 14.4. The molecule has 2 aromatic heterocycles. The molecule has 3 aliphatic rings. The van der Waals surface area contributed by atoms with Crippen molar-refractivity contribution in [1.29, 1.82) is 0 Å². The van der Waals surface area contributed by atoms with Gasteiger partial charge in [0.25, 0.3) is 0 Å². The van der Waals surface area contributed by atoms with Gasteiger partial charge >= 0.3 is 5.97 Å². The Morgan fingerprint density at radius 3 is 2.61 bits per heavy atom. The van der Waals surface area contributed by atoms with Gasteiger partial charge in [0, 0.05) is 42.1 Å². The molecule has 0 aliphatic carbocycles. The van der Waals surface area contributed by atoms with Crippen molar-refractivity contribution in [2.45, 2.75) is 76.2 Å². The maximum Gasteiger partial charge on any atom is 0.373 e. The minimum atomic E-state index is -4.21. The molecule has 0 amide bonds. The lowest BCUT2D eigenvalue weighted by molar-refractivity contribution is -0.686.